The summed E-state index contributed by atoms with van der Waals surface area (Å²) in [6, 6.07) is 11.1. The number of hydrogen-bond acceptors (Lipinski definition) is 2. The van der Waals surface area contributed by atoms with Gasteiger partial charge in [0.15, 0.2) is 0 Å². The lowest BCUT2D eigenvalue weighted by Crippen LogP contribution is -2.02. The Bertz CT molecular complexity index is 905. The zero-order valence-corrected chi connectivity index (χ0v) is 10.8. The molecule has 2 nitrogen and oxygen atoms in total. The largest absolute Gasteiger partial charge is 0.456 e. The van der Waals surface area contributed by atoms with E-state index in [-0.39, 0.29) is 5.43 Å². The smallest absolute Gasteiger partial charge is 0.200 e. The van der Waals surface area contributed by atoms with Gasteiger partial charge in [0.1, 0.15) is 11.2 Å². The van der Waals surface area contributed by atoms with Gasteiger partial charge in [0.25, 0.3) is 0 Å². The Kier molecular flexibility index (Phi) is 2.61. The van der Waals surface area contributed by atoms with E-state index in [1.807, 2.05) is 37.3 Å². The third kappa shape index (κ3) is 1.90. The topological polar surface area (TPSA) is 30.2 Å². The van der Waals surface area contributed by atoms with Crippen LogP contribution < -0.4 is 5.43 Å². The molecule has 2 heteroatoms. The van der Waals surface area contributed by atoms with Crippen molar-refractivity contribution in [3.63, 3.8) is 0 Å². The molecule has 2 aromatic carbocycles. The molecule has 1 aromatic heterocycles. The minimum Gasteiger partial charge on any atom is -0.456 e. The molecule has 0 atom stereocenters. The molecule has 0 fully saturated rings. The highest BCUT2D eigenvalue weighted by Gasteiger charge is 2.07. The van der Waals surface area contributed by atoms with Crippen molar-refractivity contribution in [2.45, 2.75) is 13.8 Å². The van der Waals surface area contributed by atoms with Crippen LogP contribution in [0, 0.1) is 18.8 Å². The highest BCUT2D eigenvalue weighted by molar-refractivity contribution is 5.90. The third-order valence-electron chi connectivity index (χ3n) is 3.10. The van der Waals surface area contributed by atoms with Crippen LogP contribution in [0.5, 0.6) is 0 Å². The van der Waals surface area contributed by atoms with Crippen molar-refractivity contribution in [2.24, 2.45) is 0 Å². The van der Waals surface area contributed by atoms with E-state index in [1.54, 1.807) is 13.0 Å². The van der Waals surface area contributed by atoms with Gasteiger partial charge < -0.3 is 4.42 Å². The molecule has 0 aliphatic carbocycles. The molecular weight excluding hydrogens is 236 g/mol. The highest BCUT2D eigenvalue weighted by atomic mass is 16.3. The summed E-state index contributed by atoms with van der Waals surface area (Å²) in [5, 5.41) is 1.21. The normalized spacial score (nSPS) is 10.4. The molecule has 3 rings (SSSR count). The molecule has 19 heavy (non-hydrogen) atoms. The van der Waals surface area contributed by atoms with Gasteiger partial charge in [0.05, 0.1) is 10.8 Å². The SMILES string of the molecule is CC#Cc1ccc2c(=O)c3ccc(C)cc3oc2c1. The molecule has 0 amide bonds. The summed E-state index contributed by atoms with van der Waals surface area (Å²) < 4.78 is 5.83. The quantitative estimate of drug-likeness (QED) is 0.449. The van der Waals surface area contributed by atoms with Crippen molar-refractivity contribution in [3.05, 3.63) is 57.7 Å². The maximum absolute atomic E-state index is 12.4. The maximum atomic E-state index is 12.4. The van der Waals surface area contributed by atoms with Crippen molar-refractivity contribution in [1.82, 2.24) is 0 Å². The Morgan fingerprint density at radius 3 is 2.42 bits per heavy atom. The summed E-state index contributed by atoms with van der Waals surface area (Å²) in [5.74, 6) is 5.81. The second kappa shape index (κ2) is 4.29. The molecule has 0 radical (unpaired) electrons. The Labute approximate surface area is 110 Å². The molecule has 1 heterocycles. The minimum atomic E-state index is 0.00672. The molecule has 0 saturated carbocycles. The van der Waals surface area contributed by atoms with Crippen molar-refractivity contribution < 1.29 is 4.42 Å². The molecule has 3 aromatic rings. The zero-order chi connectivity index (χ0) is 13.4. The third-order valence-corrected chi connectivity index (χ3v) is 3.10. The summed E-state index contributed by atoms with van der Waals surface area (Å²) in [5.41, 5.74) is 3.14. The molecule has 0 aliphatic heterocycles. The predicted molar refractivity (Wildman–Crippen MR) is 77.3 cm³/mol. The van der Waals surface area contributed by atoms with E-state index in [9.17, 15) is 4.79 Å². The summed E-state index contributed by atoms with van der Waals surface area (Å²) in [6.45, 7) is 3.76. The van der Waals surface area contributed by atoms with Gasteiger partial charge in [0, 0.05) is 5.56 Å². The van der Waals surface area contributed by atoms with Gasteiger partial charge in [-0.05, 0) is 49.7 Å². The fourth-order valence-electron chi connectivity index (χ4n) is 2.18. The second-order valence-electron chi connectivity index (χ2n) is 4.52. The van der Waals surface area contributed by atoms with Crippen LogP contribution >= 0.6 is 0 Å². The van der Waals surface area contributed by atoms with Gasteiger partial charge in [-0.25, -0.2) is 0 Å². The van der Waals surface area contributed by atoms with Crippen LogP contribution in [0.15, 0.2) is 45.6 Å². The van der Waals surface area contributed by atoms with Crippen molar-refractivity contribution in [2.75, 3.05) is 0 Å². The summed E-state index contributed by atoms with van der Waals surface area (Å²) in [6.07, 6.45) is 0. The van der Waals surface area contributed by atoms with Crippen LogP contribution in [-0.2, 0) is 0 Å². The van der Waals surface area contributed by atoms with Crippen molar-refractivity contribution in [1.29, 1.82) is 0 Å². The van der Waals surface area contributed by atoms with E-state index in [4.69, 9.17) is 4.42 Å². The molecule has 0 aliphatic rings. The second-order valence-corrected chi connectivity index (χ2v) is 4.52. The lowest BCUT2D eigenvalue weighted by atomic mass is 10.1. The first-order valence-corrected chi connectivity index (χ1v) is 6.09. The fraction of sp³-hybridized carbons (Fsp3) is 0.118. The summed E-state index contributed by atoms with van der Waals surface area (Å²) >= 11 is 0. The Morgan fingerprint density at radius 2 is 1.68 bits per heavy atom. The van der Waals surface area contributed by atoms with E-state index in [0.717, 1.165) is 11.1 Å². The molecule has 0 unspecified atom stereocenters. The standard InChI is InChI=1S/C17H12O2/c1-3-4-12-6-8-14-16(10-12)19-15-9-11(2)5-7-13(15)17(14)18/h5-10H,1-2H3. The summed E-state index contributed by atoms with van der Waals surface area (Å²) in [4.78, 5) is 12.4. The molecule has 0 spiro atoms. The van der Waals surface area contributed by atoms with E-state index in [1.165, 1.54) is 0 Å². The van der Waals surface area contributed by atoms with Gasteiger partial charge in [-0.1, -0.05) is 12.0 Å². The van der Waals surface area contributed by atoms with Crippen LogP contribution in [0.2, 0.25) is 0 Å². The Morgan fingerprint density at radius 1 is 1.00 bits per heavy atom. The lowest BCUT2D eigenvalue weighted by molar-refractivity contribution is 0.659. The average molecular weight is 248 g/mol. The van der Waals surface area contributed by atoms with E-state index < -0.39 is 0 Å². The maximum Gasteiger partial charge on any atom is 0.200 e. The highest BCUT2D eigenvalue weighted by Crippen LogP contribution is 2.20. The Balaban J connectivity index is 2.45. The van der Waals surface area contributed by atoms with Gasteiger partial charge in [-0.3, -0.25) is 4.79 Å². The number of benzene rings is 2. The lowest BCUT2D eigenvalue weighted by Gasteiger charge is -2.02. The number of fused-ring (bicyclic) bond motifs is 2. The van der Waals surface area contributed by atoms with Crippen LogP contribution in [0.3, 0.4) is 0 Å². The summed E-state index contributed by atoms with van der Waals surface area (Å²) in [7, 11) is 0. The van der Waals surface area contributed by atoms with E-state index in [2.05, 4.69) is 11.8 Å². The zero-order valence-electron chi connectivity index (χ0n) is 10.8. The predicted octanol–water partition coefficient (Wildman–Crippen LogP) is 3.63. The first-order chi connectivity index (χ1) is 9.19. The van der Waals surface area contributed by atoms with Crippen LogP contribution in [0.25, 0.3) is 21.9 Å². The molecule has 0 N–H and O–H groups in total. The fourth-order valence-corrected chi connectivity index (χ4v) is 2.18. The number of aryl methyl sites for hydroxylation is 1. The molecule has 92 valence electrons. The van der Waals surface area contributed by atoms with Crippen LogP contribution in [0.1, 0.15) is 18.1 Å². The number of hydrogen-bond donors (Lipinski definition) is 0. The minimum absolute atomic E-state index is 0.00672. The molecular formula is C17H12O2. The van der Waals surface area contributed by atoms with Crippen molar-refractivity contribution >= 4 is 21.9 Å². The molecule has 0 bridgehead atoms. The first kappa shape index (κ1) is 11.6. The first-order valence-electron chi connectivity index (χ1n) is 6.09. The van der Waals surface area contributed by atoms with E-state index >= 15 is 0 Å². The Hall–Kier alpha value is -2.53. The van der Waals surface area contributed by atoms with Crippen LogP contribution in [0.4, 0.5) is 0 Å². The van der Waals surface area contributed by atoms with Gasteiger partial charge >= 0.3 is 0 Å². The number of rotatable bonds is 0. The van der Waals surface area contributed by atoms with Gasteiger partial charge in [0.2, 0.25) is 5.43 Å². The van der Waals surface area contributed by atoms with Crippen molar-refractivity contribution in [3.8, 4) is 11.8 Å². The van der Waals surface area contributed by atoms with E-state index in [0.29, 0.717) is 21.9 Å². The van der Waals surface area contributed by atoms with Gasteiger partial charge in [-0.2, -0.15) is 0 Å². The average Bonchev–Trinajstić information content (AvgIpc) is 2.38. The monoisotopic (exact) mass is 248 g/mol. The van der Waals surface area contributed by atoms with Gasteiger partial charge in [-0.15, -0.1) is 5.92 Å². The van der Waals surface area contributed by atoms with Crippen LogP contribution in [-0.4, -0.2) is 0 Å². The molecule has 0 saturated heterocycles.